The summed E-state index contributed by atoms with van der Waals surface area (Å²) in [5, 5.41) is 10.3. The van der Waals surface area contributed by atoms with Gasteiger partial charge in [-0.2, -0.15) is 4.39 Å². The molecule has 0 fully saturated rings. The molecule has 3 rings (SSSR count). The monoisotopic (exact) mass is 283 g/mol. The van der Waals surface area contributed by atoms with E-state index in [1.807, 2.05) is 6.07 Å². The highest BCUT2D eigenvalue weighted by atomic mass is 19.1. The molecule has 3 aromatic rings. The van der Waals surface area contributed by atoms with Crippen LogP contribution in [0.3, 0.4) is 0 Å². The van der Waals surface area contributed by atoms with Crippen molar-refractivity contribution in [1.82, 2.24) is 20.0 Å². The van der Waals surface area contributed by atoms with Crippen LogP contribution in [0.1, 0.15) is 10.4 Å². The lowest BCUT2D eigenvalue weighted by molar-refractivity contribution is 0.102. The van der Waals surface area contributed by atoms with Crippen molar-refractivity contribution in [1.29, 1.82) is 0 Å². The van der Waals surface area contributed by atoms with E-state index in [-0.39, 0.29) is 5.56 Å². The van der Waals surface area contributed by atoms with Crippen LogP contribution in [-0.4, -0.2) is 25.9 Å². The Labute approximate surface area is 119 Å². The zero-order valence-electron chi connectivity index (χ0n) is 10.8. The highest BCUT2D eigenvalue weighted by molar-refractivity contribution is 6.05. The highest BCUT2D eigenvalue weighted by Crippen LogP contribution is 2.19. The van der Waals surface area contributed by atoms with E-state index in [0.717, 1.165) is 6.07 Å². The van der Waals surface area contributed by atoms with Crippen LogP contribution in [0.25, 0.3) is 5.69 Å². The molecule has 1 amide bonds. The number of nitrogens with zero attached hydrogens (tertiary/aromatic N) is 4. The third-order valence-corrected chi connectivity index (χ3v) is 2.81. The van der Waals surface area contributed by atoms with Gasteiger partial charge in [0, 0.05) is 17.8 Å². The van der Waals surface area contributed by atoms with Crippen LogP contribution in [0.2, 0.25) is 0 Å². The van der Waals surface area contributed by atoms with Crippen molar-refractivity contribution in [2.45, 2.75) is 0 Å². The molecule has 0 aliphatic carbocycles. The van der Waals surface area contributed by atoms with Crippen molar-refractivity contribution in [2.75, 3.05) is 5.32 Å². The number of pyridine rings is 1. The van der Waals surface area contributed by atoms with Gasteiger partial charge in [0.1, 0.15) is 0 Å². The molecule has 2 aromatic heterocycles. The minimum atomic E-state index is -0.702. The average molecular weight is 283 g/mol. The average Bonchev–Trinajstić information content (AvgIpc) is 3.02. The zero-order valence-corrected chi connectivity index (χ0v) is 10.8. The maximum atomic E-state index is 13.1. The number of nitrogens with one attached hydrogen (secondary N) is 1. The molecule has 6 nitrogen and oxygen atoms in total. The van der Waals surface area contributed by atoms with Gasteiger partial charge in [-0.1, -0.05) is 17.3 Å². The normalized spacial score (nSPS) is 10.3. The fourth-order valence-electron chi connectivity index (χ4n) is 1.85. The van der Waals surface area contributed by atoms with Gasteiger partial charge in [0.25, 0.3) is 5.91 Å². The van der Waals surface area contributed by atoms with Gasteiger partial charge in [0.15, 0.2) is 0 Å². The molecule has 104 valence electrons. The first-order valence-electron chi connectivity index (χ1n) is 6.12. The van der Waals surface area contributed by atoms with E-state index in [9.17, 15) is 9.18 Å². The Morgan fingerprint density at radius 2 is 2.05 bits per heavy atom. The van der Waals surface area contributed by atoms with Crippen molar-refractivity contribution in [3.63, 3.8) is 0 Å². The van der Waals surface area contributed by atoms with E-state index < -0.39 is 11.9 Å². The second-order valence-electron chi connectivity index (χ2n) is 4.19. The largest absolute Gasteiger partial charge is 0.320 e. The first-order valence-corrected chi connectivity index (χ1v) is 6.12. The Morgan fingerprint density at radius 3 is 2.81 bits per heavy atom. The summed E-state index contributed by atoms with van der Waals surface area (Å²) in [6, 6.07) is 9.63. The first-order chi connectivity index (χ1) is 10.2. The lowest BCUT2D eigenvalue weighted by atomic mass is 10.2. The summed E-state index contributed by atoms with van der Waals surface area (Å²) >= 11 is 0. The van der Waals surface area contributed by atoms with Gasteiger partial charge in [0.2, 0.25) is 5.95 Å². The second-order valence-corrected chi connectivity index (χ2v) is 4.19. The predicted molar refractivity (Wildman–Crippen MR) is 73.5 cm³/mol. The molecule has 0 bridgehead atoms. The highest BCUT2D eigenvalue weighted by Gasteiger charge is 2.11. The van der Waals surface area contributed by atoms with Crippen LogP contribution in [-0.2, 0) is 0 Å². The summed E-state index contributed by atoms with van der Waals surface area (Å²) in [6.45, 7) is 0. The Kier molecular flexibility index (Phi) is 3.38. The second kappa shape index (κ2) is 5.49. The lowest BCUT2D eigenvalue weighted by Gasteiger charge is -2.10. The van der Waals surface area contributed by atoms with Crippen molar-refractivity contribution in [2.24, 2.45) is 0 Å². The van der Waals surface area contributed by atoms with E-state index >= 15 is 0 Å². The molecule has 21 heavy (non-hydrogen) atoms. The number of benzene rings is 1. The number of carbonyl (C=O) groups is 1. The molecule has 0 radical (unpaired) electrons. The molecule has 0 spiro atoms. The lowest BCUT2D eigenvalue weighted by Crippen LogP contribution is -2.14. The number of rotatable bonds is 3. The predicted octanol–water partition coefficient (Wildman–Crippen LogP) is 2.05. The Bertz CT molecular complexity index is 773. The number of halogens is 1. The molecule has 0 unspecified atom stereocenters. The van der Waals surface area contributed by atoms with Crippen LogP contribution < -0.4 is 5.32 Å². The summed E-state index contributed by atoms with van der Waals surface area (Å²) in [7, 11) is 0. The number of para-hydroxylation sites is 2. The number of anilines is 1. The fourth-order valence-corrected chi connectivity index (χ4v) is 1.85. The van der Waals surface area contributed by atoms with Crippen LogP contribution in [0, 0.1) is 5.95 Å². The summed E-state index contributed by atoms with van der Waals surface area (Å²) in [6.07, 6.45) is 4.45. The molecule has 0 aliphatic heterocycles. The summed E-state index contributed by atoms with van der Waals surface area (Å²) < 4.78 is 14.6. The molecule has 2 heterocycles. The maximum Gasteiger partial charge on any atom is 0.255 e. The van der Waals surface area contributed by atoms with Gasteiger partial charge in [-0.25, -0.2) is 9.67 Å². The molecule has 1 aromatic carbocycles. The van der Waals surface area contributed by atoms with Gasteiger partial charge in [-0.3, -0.25) is 4.79 Å². The topological polar surface area (TPSA) is 72.7 Å². The molecule has 0 aliphatic rings. The molecule has 0 saturated heterocycles. The Balaban J connectivity index is 1.90. The third-order valence-electron chi connectivity index (χ3n) is 2.81. The van der Waals surface area contributed by atoms with Gasteiger partial charge < -0.3 is 5.32 Å². The van der Waals surface area contributed by atoms with E-state index in [4.69, 9.17) is 0 Å². The molecule has 1 N–H and O–H groups in total. The van der Waals surface area contributed by atoms with Crippen LogP contribution >= 0.6 is 0 Å². The Hall–Kier alpha value is -3.09. The molecule has 0 atom stereocenters. The van der Waals surface area contributed by atoms with Crippen LogP contribution in [0.15, 0.2) is 55.0 Å². The van der Waals surface area contributed by atoms with E-state index in [1.54, 1.807) is 24.4 Å². The quantitative estimate of drug-likeness (QED) is 0.747. The molecular formula is C14H10FN5O. The molecular weight excluding hydrogens is 273 g/mol. The van der Waals surface area contributed by atoms with E-state index in [1.165, 1.54) is 23.1 Å². The number of carbonyl (C=O) groups excluding carboxylic acids is 1. The van der Waals surface area contributed by atoms with Crippen molar-refractivity contribution in [3.8, 4) is 5.69 Å². The summed E-state index contributed by atoms with van der Waals surface area (Å²) in [5.41, 5.74) is 1.40. The van der Waals surface area contributed by atoms with Crippen molar-refractivity contribution < 1.29 is 9.18 Å². The summed E-state index contributed by atoms with van der Waals surface area (Å²) in [4.78, 5) is 15.6. The standard InChI is InChI=1S/C14H10FN5O/c15-13-9-10(5-6-16-13)14(21)18-11-3-1-2-4-12(11)20-8-7-17-19-20/h1-9H,(H,18,21). The van der Waals surface area contributed by atoms with Gasteiger partial charge in [-0.15, -0.1) is 5.10 Å². The van der Waals surface area contributed by atoms with E-state index in [0.29, 0.717) is 11.4 Å². The fraction of sp³-hybridized carbons (Fsp3) is 0. The van der Waals surface area contributed by atoms with Crippen molar-refractivity contribution >= 4 is 11.6 Å². The zero-order chi connectivity index (χ0) is 14.7. The SMILES string of the molecule is O=C(Nc1ccccc1-n1ccnn1)c1ccnc(F)c1. The van der Waals surface area contributed by atoms with Gasteiger partial charge in [0.05, 0.1) is 23.8 Å². The summed E-state index contributed by atoms with van der Waals surface area (Å²) in [5.74, 6) is -1.13. The van der Waals surface area contributed by atoms with Crippen LogP contribution in [0.5, 0.6) is 0 Å². The number of hydrogen-bond donors (Lipinski definition) is 1. The Morgan fingerprint density at radius 1 is 1.19 bits per heavy atom. The smallest absolute Gasteiger partial charge is 0.255 e. The molecule has 7 heteroatoms. The van der Waals surface area contributed by atoms with Crippen molar-refractivity contribution in [3.05, 3.63) is 66.5 Å². The number of amides is 1. The minimum Gasteiger partial charge on any atom is -0.320 e. The third kappa shape index (κ3) is 2.76. The van der Waals surface area contributed by atoms with Gasteiger partial charge in [-0.05, 0) is 18.2 Å². The van der Waals surface area contributed by atoms with Crippen LogP contribution in [0.4, 0.5) is 10.1 Å². The number of hydrogen-bond acceptors (Lipinski definition) is 4. The van der Waals surface area contributed by atoms with Gasteiger partial charge >= 0.3 is 0 Å². The van der Waals surface area contributed by atoms with E-state index in [2.05, 4.69) is 20.6 Å². The number of aromatic nitrogens is 4. The first kappa shape index (κ1) is 12.9. The minimum absolute atomic E-state index is 0.191. The maximum absolute atomic E-state index is 13.1. The molecule has 0 saturated carbocycles.